The lowest BCUT2D eigenvalue weighted by Crippen LogP contribution is -2.60. The Morgan fingerprint density at radius 3 is 2.35 bits per heavy atom. The Balaban J connectivity index is 0.905. The van der Waals surface area contributed by atoms with Gasteiger partial charge in [0, 0.05) is 63.6 Å². The molecule has 1 saturated heterocycles. The number of likely N-dealkylation sites (N-methyl/N-ethyl adjacent to an activating group) is 1. The number of allylic oxidation sites excluding steroid dienone is 1. The maximum atomic E-state index is 13.3. The van der Waals surface area contributed by atoms with Crippen LogP contribution < -0.4 is 9.47 Å². The molecular weight excluding hydrogens is 774 g/mol. The molecule has 2 aliphatic carbocycles. The van der Waals surface area contributed by atoms with Crippen molar-refractivity contribution in [2.75, 3.05) is 46.8 Å². The zero-order valence-corrected chi connectivity index (χ0v) is 36.4. The molecule has 0 N–H and O–H groups in total. The molecule has 308 valence electrons. The molecule has 10 heteroatoms. The van der Waals surface area contributed by atoms with E-state index in [-0.39, 0.29) is 23.7 Å². The maximum Gasteiger partial charge on any atom is 0.305 e. The van der Waals surface area contributed by atoms with Crippen LogP contribution in [-0.4, -0.2) is 74.7 Å². The topological polar surface area (TPSA) is 74.3 Å². The first-order valence-corrected chi connectivity index (χ1v) is 23.4. The maximum absolute atomic E-state index is 13.3. The van der Waals surface area contributed by atoms with Gasteiger partial charge in [0.1, 0.15) is 0 Å². The molecule has 4 atom stereocenters. The lowest BCUT2D eigenvalue weighted by molar-refractivity contribution is -0.143. The highest BCUT2D eigenvalue weighted by Gasteiger charge is 2.57. The summed E-state index contributed by atoms with van der Waals surface area (Å²) < 4.78 is 23.6. The van der Waals surface area contributed by atoms with Crippen LogP contribution in [0.4, 0.5) is 0 Å². The Labute approximate surface area is 354 Å². The van der Waals surface area contributed by atoms with E-state index in [0.29, 0.717) is 47.8 Å². The summed E-state index contributed by atoms with van der Waals surface area (Å²) in [5, 5.41) is 1.25. The van der Waals surface area contributed by atoms with Gasteiger partial charge in [-0.05, 0) is 99.9 Å². The van der Waals surface area contributed by atoms with Gasteiger partial charge in [-0.25, -0.2) is 0 Å². The quantitative estimate of drug-likeness (QED) is 0.0686. The van der Waals surface area contributed by atoms with E-state index in [2.05, 4.69) is 78.7 Å². The van der Waals surface area contributed by atoms with Crippen molar-refractivity contribution in [1.82, 2.24) is 4.90 Å². The minimum absolute atomic E-state index is 0.0257. The first kappa shape index (κ1) is 43.5. The molecule has 0 radical (unpaired) electrons. The third-order valence-corrected chi connectivity index (χ3v) is 14.8. The number of esters is 1. The molecule has 6 rings (SSSR count). The summed E-state index contributed by atoms with van der Waals surface area (Å²) >= 11 is 11.0. The molecule has 0 aromatic heterocycles. The number of unbranched alkanes of at least 4 members (excludes halogenated alkanes) is 4. The molecule has 0 spiro atoms. The summed E-state index contributed by atoms with van der Waals surface area (Å²) in [7, 11) is 5.39. The summed E-state index contributed by atoms with van der Waals surface area (Å²) in [6.45, 7) is 1.88. The Morgan fingerprint density at radius 1 is 0.912 bits per heavy atom. The Morgan fingerprint density at radius 2 is 1.63 bits per heavy atom. The number of ether oxygens (including phenoxy) is 4. The number of hydrogen-bond acceptors (Lipinski definition) is 9. The van der Waals surface area contributed by atoms with Gasteiger partial charge in [0.15, 0.2) is 23.0 Å². The number of methoxy groups -OCH3 is 2. The normalized spacial score (nSPS) is 20.6. The molecule has 1 fully saturated rings. The molecule has 1 heterocycles. The number of halogens is 1. The van der Waals surface area contributed by atoms with Gasteiger partial charge in [-0.3, -0.25) is 9.59 Å². The summed E-state index contributed by atoms with van der Waals surface area (Å²) in [4.78, 5) is 28.3. The highest BCUT2D eigenvalue weighted by molar-refractivity contribution is 7.99. The molecule has 3 aromatic carbocycles. The zero-order valence-electron chi connectivity index (χ0n) is 34.0. The molecule has 0 saturated carbocycles. The summed E-state index contributed by atoms with van der Waals surface area (Å²) in [6, 6.07) is 23.5. The van der Waals surface area contributed by atoms with Gasteiger partial charge in [0.05, 0.1) is 27.4 Å². The van der Waals surface area contributed by atoms with Crippen LogP contribution in [0, 0.1) is 5.92 Å². The van der Waals surface area contributed by atoms with Crippen LogP contribution in [-0.2, 0) is 42.4 Å². The smallest absolute Gasteiger partial charge is 0.305 e. The molecular formula is C47H60ClNO6S2. The highest BCUT2D eigenvalue weighted by Crippen LogP contribution is 2.59. The van der Waals surface area contributed by atoms with Gasteiger partial charge in [0.25, 0.3) is 0 Å². The van der Waals surface area contributed by atoms with Crippen LogP contribution in [0.1, 0.15) is 92.9 Å². The van der Waals surface area contributed by atoms with Crippen molar-refractivity contribution < 1.29 is 28.5 Å². The fourth-order valence-corrected chi connectivity index (χ4v) is 11.6. The molecule has 7 nitrogen and oxygen atoms in total. The SMILES string of the molecule is COC1=CC2[C@@H]3Cc4c(Cl)cc(OC)c(OCCCCCCOC(=O)CCCCC(CCSCc5ccccc5)SCc5ccccc5)c4[C@]2(CCN3C)CC1=O. The van der Waals surface area contributed by atoms with Gasteiger partial charge in [0.2, 0.25) is 0 Å². The molecule has 2 bridgehead atoms. The van der Waals surface area contributed by atoms with Crippen molar-refractivity contribution in [1.29, 1.82) is 0 Å². The number of piperidine rings is 1. The minimum Gasteiger partial charge on any atom is -0.493 e. The van der Waals surface area contributed by atoms with Crippen LogP contribution >= 0.6 is 35.1 Å². The molecule has 1 aliphatic heterocycles. The van der Waals surface area contributed by atoms with Crippen molar-refractivity contribution >= 4 is 46.9 Å². The van der Waals surface area contributed by atoms with E-state index in [4.69, 9.17) is 30.5 Å². The van der Waals surface area contributed by atoms with Crippen LogP contribution in [0.2, 0.25) is 5.02 Å². The third-order valence-electron chi connectivity index (χ3n) is 12.0. The zero-order chi connectivity index (χ0) is 40.0. The van der Waals surface area contributed by atoms with Crippen molar-refractivity contribution in [3.63, 3.8) is 0 Å². The number of ketones is 1. The number of likely N-dealkylation sites (tertiary alicyclic amines) is 1. The number of carbonyl (C=O) groups is 2. The number of thioether (sulfide) groups is 2. The highest BCUT2D eigenvalue weighted by atomic mass is 35.5. The lowest BCUT2D eigenvalue weighted by atomic mass is 9.53. The van der Waals surface area contributed by atoms with Crippen molar-refractivity contribution in [3.05, 3.63) is 106 Å². The summed E-state index contributed by atoms with van der Waals surface area (Å²) in [6.07, 6.45) is 12.3. The molecule has 3 aromatic rings. The van der Waals surface area contributed by atoms with E-state index < -0.39 is 5.41 Å². The van der Waals surface area contributed by atoms with E-state index in [0.717, 1.165) is 98.5 Å². The van der Waals surface area contributed by atoms with Gasteiger partial charge in [-0.15, -0.1) is 0 Å². The van der Waals surface area contributed by atoms with E-state index >= 15 is 0 Å². The molecule has 0 amide bonds. The van der Waals surface area contributed by atoms with E-state index in [9.17, 15) is 9.59 Å². The predicted octanol–water partition coefficient (Wildman–Crippen LogP) is 10.6. The first-order chi connectivity index (χ1) is 27.8. The molecule has 3 aliphatic rings. The second-order valence-corrected chi connectivity index (χ2v) is 18.5. The van der Waals surface area contributed by atoms with Crippen LogP contribution in [0.3, 0.4) is 0 Å². The number of benzene rings is 3. The van der Waals surface area contributed by atoms with Crippen LogP contribution in [0.25, 0.3) is 0 Å². The predicted molar refractivity (Wildman–Crippen MR) is 235 cm³/mol. The average Bonchev–Trinajstić information content (AvgIpc) is 3.23. The molecule has 57 heavy (non-hydrogen) atoms. The van der Waals surface area contributed by atoms with Crippen LogP contribution in [0.5, 0.6) is 11.5 Å². The summed E-state index contributed by atoms with van der Waals surface area (Å²) in [5.41, 5.74) is 4.45. The summed E-state index contributed by atoms with van der Waals surface area (Å²) in [5.74, 6) is 5.07. The van der Waals surface area contributed by atoms with Crippen molar-refractivity contribution in [2.45, 2.75) is 105 Å². The standard InChI is InChI=1S/C47H60ClNO6S2/c1-49-24-23-47-31-41(50)42(52-2)29-38(47)40(49)28-37-39(48)30-43(53-3)46(45(37)47)55-26-15-5-4-14-25-54-44(51)21-13-12-20-36(57-33-35-18-10-7-11-19-35)22-27-56-32-34-16-8-6-9-17-34/h6-11,16-19,29-30,36,38,40H,4-5,12-15,20-28,31-33H2,1-3H3/t36?,38?,40-,47+/m0/s1. The van der Waals surface area contributed by atoms with E-state index in [1.165, 1.54) is 17.5 Å². The average molecular weight is 835 g/mol. The number of fused-ring (bicyclic) bond motifs is 1. The Kier molecular flexibility index (Phi) is 16.6. The lowest BCUT2D eigenvalue weighted by Gasteiger charge is -2.56. The second kappa shape index (κ2) is 21.8. The van der Waals surface area contributed by atoms with E-state index in [1.54, 1.807) is 14.2 Å². The van der Waals surface area contributed by atoms with Crippen LogP contribution in [0.15, 0.2) is 78.6 Å². The number of nitrogens with zero attached hydrogens (tertiary/aromatic N) is 1. The Hall–Kier alpha value is -3.11. The van der Waals surface area contributed by atoms with Gasteiger partial charge in [-0.1, -0.05) is 78.7 Å². The second-order valence-electron chi connectivity index (χ2n) is 15.7. The number of hydrogen-bond donors (Lipinski definition) is 0. The Bertz CT molecular complexity index is 1790. The van der Waals surface area contributed by atoms with Gasteiger partial charge in [-0.2, -0.15) is 23.5 Å². The van der Waals surface area contributed by atoms with Gasteiger partial charge < -0.3 is 23.8 Å². The molecule has 2 unspecified atom stereocenters. The minimum atomic E-state index is -0.411. The van der Waals surface area contributed by atoms with E-state index in [1.807, 2.05) is 29.6 Å². The fourth-order valence-electron chi connectivity index (χ4n) is 8.89. The van der Waals surface area contributed by atoms with Crippen molar-refractivity contribution in [2.24, 2.45) is 5.92 Å². The fraction of sp³-hybridized carbons (Fsp3) is 0.532. The number of carbonyl (C=O) groups excluding carboxylic acids is 2. The number of rotatable bonds is 23. The van der Waals surface area contributed by atoms with Crippen molar-refractivity contribution in [3.8, 4) is 11.5 Å². The van der Waals surface area contributed by atoms with Gasteiger partial charge >= 0.3 is 5.97 Å². The first-order valence-electron chi connectivity index (χ1n) is 20.8. The number of Topliss-reactive ketones (excluding diaryl/α,β-unsaturated/α-hetero) is 1. The monoisotopic (exact) mass is 833 g/mol. The largest absolute Gasteiger partial charge is 0.493 e. The third kappa shape index (κ3) is 11.3.